The zero-order valence-electron chi connectivity index (χ0n) is 12.2. The van der Waals surface area contributed by atoms with Crippen LogP contribution in [0, 0.1) is 6.92 Å². The van der Waals surface area contributed by atoms with E-state index in [0.29, 0.717) is 0 Å². The molecule has 2 heteroatoms. The summed E-state index contributed by atoms with van der Waals surface area (Å²) in [4.78, 5) is 0. The van der Waals surface area contributed by atoms with Gasteiger partial charge in [0.1, 0.15) is 0 Å². The van der Waals surface area contributed by atoms with Crippen LogP contribution < -0.4 is 5.32 Å². The van der Waals surface area contributed by atoms with Crippen molar-refractivity contribution in [3.8, 4) is 0 Å². The second-order valence-electron chi connectivity index (χ2n) is 5.25. The van der Waals surface area contributed by atoms with Gasteiger partial charge in [0.2, 0.25) is 0 Å². The Kier molecular flexibility index (Phi) is 5.66. The second kappa shape index (κ2) is 7.49. The van der Waals surface area contributed by atoms with Crippen LogP contribution in [0.1, 0.15) is 36.5 Å². The molecular weight excluding hydrogens is 310 g/mol. The minimum absolute atomic E-state index is 0.842. The van der Waals surface area contributed by atoms with Crippen LogP contribution in [0.25, 0.3) is 0 Å². The van der Waals surface area contributed by atoms with E-state index in [9.17, 15) is 0 Å². The lowest BCUT2D eigenvalue weighted by molar-refractivity contribution is 0.795. The second-order valence-corrected chi connectivity index (χ2v) is 6.10. The molecule has 0 atom stereocenters. The highest BCUT2D eigenvalue weighted by molar-refractivity contribution is 9.10. The number of hydrogen-bond acceptors (Lipinski definition) is 1. The van der Waals surface area contributed by atoms with Crippen LogP contribution in [-0.2, 0) is 13.0 Å². The van der Waals surface area contributed by atoms with Crippen molar-refractivity contribution in [2.24, 2.45) is 0 Å². The van der Waals surface area contributed by atoms with Crippen molar-refractivity contribution in [3.63, 3.8) is 0 Å². The van der Waals surface area contributed by atoms with E-state index in [4.69, 9.17) is 0 Å². The van der Waals surface area contributed by atoms with Crippen LogP contribution in [0.15, 0.2) is 46.9 Å². The molecule has 1 nitrogen and oxygen atoms in total. The number of nitrogens with one attached hydrogen (secondary N) is 1. The highest BCUT2D eigenvalue weighted by atomic mass is 79.9. The molecular formula is C18H22BrN. The van der Waals surface area contributed by atoms with Crippen LogP contribution in [0.5, 0.6) is 0 Å². The zero-order chi connectivity index (χ0) is 14.4. The van der Waals surface area contributed by atoms with Gasteiger partial charge in [-0.15, -0.1) is 0 Å². The van der Waals surface area contributed by atoms with Crippen molar-refractivity contribution < 1.29 is 0 Å². The Morgan fingerprint density at radius 3 is 2.45 bits per heavy atom. The van der Waals surface area contributed by atoms with E-state index < -0.39 is 0 Å². The van der Waals surface area contributed by atoms with Crippen molar-refractivity contribution in [2.75, 3.05) is 5.32 Å². The molecule has 106 valence electrons. The van der Waals surface area contributed by atoms with E-state index in [1.165, 1.54) is 46.1 Å². The Morgan fingerprint density at radius 2 is 1.80 bits per heavy atom. The first-order valence-electron chi connectivity index (χ1n) is 7.27. The molecule has 20 heavy (non-hydrogen) atoms. The molecule has 0 aliphatic rings. The molecule has 1 N–H and O–H groups in total. The number of unbranched alkanes of at least 4 members (excludes halogenated alkanes) is 1. The van der Waals surface area contributed by atoms with Crippen molar-refractivity contribution >= 4 is 21.6 Å². The molecule has 0 aromatic heterocycles. The first-order chi connectivity index (χ1) is 9.69. The summed E-state index contributed by atoms with van der Waals surface area (Å²) in [5.74, 6) is 0. The first-order valence-corrected chi connectivity index (χ1v) is 8.06. The van der Waals surface area contributed by atoms with Gasteiger partial charge in [-0.25, -0.2) is 0 Å². The molecule has 2 rings (SSSR count). The summed E-state index contributed by atoms with van der Waals surface area (Å²) < 4.78 is 1.17. The third kappa shape index (κ3) is 4.38. The van der Waals surface area contributed by atoms with Gasteiger partial charge in [-0.2, -0.15) is 0 Å². The number of aryl methyl sites for hydroxylation is 2. The van der Waals surface area contributed by atoms with Crippen LogP contribution in [0.3, 0.4) is 0 Å². The molecule has 0 fully saturated rings. The van der Waals surface area contributed by atoms with Crippen molar-refractivity contribution in [2.45, 2.75) is 39.7 Å². The van der Waals surface area contributed by atoms with Gasteiger partial charge in [0.25, 0.3) is 0 Å². The van der Waals surface area contributed by atoms with E-state index in [-0.39, 0.29) is 0 Å². The third-order valence-corrected chi connectivity index (χ3v) is 4.20. The number of halogens is 1. The third-order valence-electron chi connectivity index (χ3n) is 3.46. The SMILES string of the molecule is CCCCc1ccc(NCc2ccc(C)cc2Br)cc1. The molecule has 0 radical (unpaired) electrons. The van der Waals surface area contributed by atoms with Gasteiger partial charge in [0, 0.05) is 16.7 Å². The quantitative estimate of drug-likeness (QED) is 0.714. The van der Waals surface area contributed by atoms with Gasteiger partial charge in [-0.05, 0) is 54.7 Å². The maximum absolute atomic E-state index is 3.62. The largest absolute Gasteiger partial charge is 0.381 e. The van der Waals surface area contributed by atoms with Crippen LogP contribution in [-0.4, -0.2) is 0 Å². The summed E-state index contributed by atoms with van der Waals surface area (Å²) in [7, 11) is 0. The predicted molar refractivity (Wildman–Crippen MR) is 91.3 cm³/mol. The average Bonchev–Trinajstić information content (AvgIpc) is 2.45. The monoisotopic (exact) mass is 331 g/mol. The highest BCUT2D eigenvalue weighted by Gasteiger charge is 2.00. The molecule has 0 aliphatic heterocycles. The Hall–Kier alpha value is -1.28. The standard InChI is InChI=1S/C18H22BrN/c1-3-4-5-15-7-10-17(11-8-15)20-13-16-9-6-14(2)12-18(16)19/h6-12,20H,3-5,13H2,1-2H3. The maximum Gasteiger partial charge on any atom is 0.0411 e. The Bertz CT molecular complexity index is 546. The normalized spacial score (nSPS) is 10.6. The summed E-state index contributed by atoms with van der Waals surface area (Å²) in [5.41, 5.74) is 5.17. The number of benzene rings is 2. The maximum atomic E-state index is 3.62. The predicted octanol–water partition coefficient (Wildman–Crippen LogP) is 5.71. The molecule has 2 aromatic carbocycles. The van der Waals surface area contributed by atoms with Gasteiger partial charge >= 0.3 is 0 Å². The molecule has 0 saturated heterocycles. The van der Waals surface area contributed by atoms with Gasteiger partial charge in [0.15, 0.2) is 0 Å². The molecule has 0 bridgehead atoms. The van der Waals surface area contributed by atoms with Crippen LogP contribution >= 0.6 is 15.9 Å². The molecule has 0 amide bonds. The number of hydrogen-bond donors (Lipinski definition) is 1. The lowest BCUT2D eigenvalue weighted by atomic mass is 10.1. The highest BCUT2D eigenvalue weighted by Crippen LogP contribution is 2.20. The summed E-state index contributed by atoms with van der Waals surface area (Å²) in [5, 5.41) is 3.47. The Balaban J connectivity index is 1.93. The van der Waals surface area contributed by atoms with E-state index in [0.717, 1.165) is 6.54 Å². The van der Waals surface area contributed by atoms with Crippen molar-refractivity contribution in [1.82, 2.24) is 0 Å². The summed E-state index contributed by atoms with van der Waals surface area (Å²) in [6.45, 7) is 5.18. The Labute approximate surface area is 130 Å². The van der Waals surface area contributed by atoms with Gasteiger partial charge in [0.05, 0.1) is 0 Å². The lowest BCUT2D eigenvalue weighted by Gasteiger charge is -2.10. The van der Waals surface area contributed by atoms with Gasteiger partial charge in [-0.3, -0.25) is 0 Å². The summed E-state index contributed by atoms with van der Waals surface area (Å²) in [6, 6.07) is 15.3. The van der Waals surface area contributed by atoms with E-state index in [1.54, 1.807) is 0 Å². The number of rotatable bonds is 6. The minimum Gasteiger partial charge on any atom is -0.381 e. The topological polar surface area (TPSA) is 12.0 Å². The summed E-state index contributed by atoms with van der Waals surface area (Å²) >= 11 is 3.62. The van der Waals surface area contributed by atoms with Crippen molar-refractivity contribution in [1.29, 1.82) is 0 Å². The molecule has 0 spiro atoms. The van der Waals surface area contributed by atoms with Gasteiger partial charge in [-0.1, -0.05) is 53.5 Å². The van der Waals surface area contributed by atoms with E-state index in [2.05, 4.69) is 77.6 Å². The zero-order valence-corrected chi connectivity index (χ0v) is 13.8. The van der Waals surface area contributed by atoms with Crippen molar-refractivity contribution in [3.05, 3.63) is 63.6 Å². The molecule has 0 saturated carbocycles. The first kappa shape index (κ1) is 15.1. The van der Waals surface area contributed by atoms with E-state index in [1.807, 2.05) is 0 Å². The van der Waals surface area contributed by atoms with Crippen LogP contribution in [0.2, 0.25) is 0 Å². The average molecular weight is 332 g/mol. The summed E-state index contributed by atoms with van der Waals surface area (Å²) in [6.07, 6.45) is 3.70. The minimum atomic E-state index is 0.842. The van der Waals surface area contributed by atoms with Gasteiger partial charge < -0.3 is 5.32 Å². The Morgan fingerprint density at radius 1 is 1.05 bits per heavy atom. The fourth-order valence-electron chi connectivity index (χ4n) is 2.16. The molecule has 0 unspecified atom stereocenters. The molecule has 0 heterocycles. The smallest absolute Gasteiger partial charge is 0.0411 e. The fourth-order valence-corrected chi connectivity index (χ4v) is 2.80. The molecule has 0 aliphatic carbocycles. The lowest BCUT2D eigenvalue weighted by Crippen LogP contribution is -2.00. The fraction of sp³-hybridized carbons (Fsp3) is 0.333. The van der Waals surface area contributed by atoms with E-state index >= 15 is 0 Å². The van der Waals surface area contributed by atoms with Crippen LogP contribution in [0.4, 0.5) is 5.69 Å². The molecule has 2 aromatic rings. The number of anilines is 1.